The highest BCUT2D eigenvalue weighted by molar-refractivity contribution is 7.89. The molecule has 0 radical (unpaired) electrons. The molecule has 1 aromatic carbocycles. The molecule has 2 aromatic rings. The highest BCUT2D eigenvalue weighted by Crippen LogP contribution is 2.28. The van der Waals surface area contributed by atoms with Gasteiger partial charge < -0.3 is 5.32 Å². The molecule has 0 aliphatic carbocycles. The van der Waals surface area contributed by atoms with Crippen LogP contribution in [-0.4, -0.2) is 36.7 Å². The first-order valence-corrected chi connectivity index (χ1v) is 11.3. The van der Waals surface area contributed by atoms with E-state index in [2.05, 4.69) is 10.3 Å². The van der Waals surface area contributed by atoms with Crippen molar-refractivity contribution in [1.29, 1.82) is 0 Å². The van der Waals surface area contributed by atoms with E-state index in [-0.39, 0.29) is 15.5 Å². The van der Waals surface area contributed by atoms with Gasteiger partial charge >= 0.3 is 0 Å². The Balaban J connectivity index is 1.83. The normalized spacial score (nSPS) is 16.8. The van der Waals surface area contributed by atoms with Gasteiger partial charge in [0.15, 0.2) is 0 Å². The molecule has 0 unspecified atom stereocenters. The van der Waals surface area contributed by atoms with Crippen LogP contribution in [0.25, 0.3) is 0 Å². The molecule has 1 aromatic heterocycles. The average molecular weight is 440 g/mol. The van der Waals surface area contributed by atoms with E-state index < -0.39 is 27.8 Å². The van der Waals surface area contributed by atoms with Gasteiger partial charge in [-0.3, -0.25) is 9.78 Å². The summed E-state index contributed by atoms with van der Waals surface area (Å²) in [6.45, 7) is 2.58. The average Bonchev–Trinajstić information content (AvgIpc) is 2.98. The molecule has 1 fully saturated rings. The molecular weight excluding hydrogens is 417 g/mol. The molecule has 0 bridgehead atoms. The zero-order valence-electron chi connectivity index (χ0n) is 16.1. The number of carbonyl (C=O) groups is 1. The molecule has 0 spiro atoms. The molecule has 29 heavy (non-hydrogen) atoms. The van der Waals surface area contributed by atoms with Crippen LogP contribution in [0.3, 0.4) is 0 Å². The smallest absolute Gasteiger partial charge is 0.251 e. The van der Waals surface area contributed by atoms with Crippen LogP contribution in [0, 0.1) is 5.82 Å². The predicted octanol–water partition coefficient (Wildman–Crippen LogP) is 3.93. The Hall–Kier alpha value is -2.03. The van der Waals surface area contributed by atoms with Gasteiger partial charge in [-0.15, -0.1) is 0 Å². The Morgan fingerprint density at radius 1 is 1.17 bits per heavy atom. The highest BCUT2D eigenvalue weighted by atomic mass is 35.5. The minimum atomic E-state index is -3.80. The first-order valence-electron chi connectivity index (χ1n) is 9.50. The summed E-state index contributed by atoms with van der Waals surface area (Å²) in [4.78, 5) is 16.4. The Bertz CT molecular complexity index is 992. The van der Waals surface area contributed by atoms with Crippen LogP contribution in [0.2, 0.25) is 5.02 Å². The maximum atomic E-state index is 13.4. The lowest BCUT2D eigenvalue weighted by atomic mass is 10.1. The molecule has 3 rings (SSSR count). The van der Waals surface area contributed by atoms with Crippen molar-refractivity contribution in [2.45, 2.75) is 43.5 Å². The third-order valence-corrected chi connectivity index (χ3v) is 7.33. The second kappa shape index (κ2) is 9.19. The first kappa shape index (κ1) is 21.7. The summed E-state index contributed by atoms with van der Waals surface area (Å²) in [5.41, 5.74) is 0.670. The first-order chi connectivity index (χ1) is 13.8. The largest absolute Gasteiger partial charge is 0.345 e. The van der Waals surface area contributed by atoms with E-state index in [4.69, 9.17) is 11.6 Å². The van der Waals surface area contributed by atoms with Crippen molar-refractivity contribution < 1.29 is 17.6 Å². The van der Waals surface area contributed by atoms with Crippen LogP contribution in [0.1, 0.15) is 54.6 Å². The predicted molar refractivity (Wildman–Crippen MR) is 109 cm³/mol. The lowest BCUT2D eigenvalue weighted by Gasteiger charge is -2.21. The van der Waals surface area contributed by atoms with E-state index in [0.717, 1.165) is 31.9 Å². The molecule has 1 N–H and O–H groups in total. The number of aromatic nitrogens is 1. The molecule has 6 nitrogen and oxygen atoms in total. The monoisotopic (exact) mass is 439 g/mol. The fourth-order valence-electron chi connectivity index (χ4n) is 3.29. The topological polar surface area (TPSA) is 79.4 Å². The fourth-order valence-corrected chi connectivity index (χ4v) is 5.31. The molecular formula is C20H23ClFN3O3S. The SMILES string of the molecule is C[C@@H](NC(=O)c1ccc(Cl)c(S(=O)(=O)N2CCCCCC2)c1)c1cncc(F)c1. The van der Waals surface area contributed by atoms with Gasteiger partial charge in [-0.05, 0) is 49.6 Å². The quantitative estimate of drug-likeness (QED) is 0.765. The van der Waals surface area contributed by atoms with Crippen molar-refractivity contribution in [3.8, 4) is 0 Å². The number of amides is 1. The van der Waals surface area contributed by atoms with Crippen molar-refractivity contribution in [3.63, 3.8) is 0 Å². The number of hydrogen-bond acceptors (Lipinski definition) is 4. The number of nitrogens with zero attached hydrogens (tertiary/aromatic N) is 2. The Labute approximate surface area is 175 Å². The van der Waals surface area contributed by atoms with Crippen molar-refractivity contribution in [2.75, 3.05) is 13.1 Å². The second-order valence-corrected chi connectivity index (χ2v) is 9.41. The van der Waals surface area contributed by atoms with Crippen molar-refractivity contribution in [2.24, 2.45) is 0 Å². The zero-order chi connectivity index (χ0) is 21.0. The van der Waals surface area contributed by atoms with Gasteiger partial charge in [0.25, 0.3) is 5.91 Å². The Kier molecular flexibility index (Phi) is 6.87. The van der Waals surface area contributed by atoms with E-state index >= 15 is 0 Å². The second-order valence-electron chi connectivity index (χ2n) is 7.10. The molecule has 1 aliphatic heterocycles. The van der Waals surface area contributed by atoms with Crippen LogP contribution in [0.4, 0.5) is 4.39 Å². The number of benzene rings is 1. The van der Waals surface area contributed by atoms with Gasteiger partial charge in [-0.1, -0.05) is 24.4 Å². The van der Waals surface area contributed by atoms with Gasteiger partial charge in [0.2, 0.25) is 10.0 Å². The summed E-state index contributed by atoms with van der Waals surface area (Å²) in [6, 6.07) is 4.96. The van der Waals surface area contributed by atoms with Gasteiger partial charge in [-0.25, -0.2) is 12.8 Å². The minimum absolute atomic E-state index is 0.0752. The number of hydrogen-bond donors (Lipinski definition) is 1. The maximum absolute atomic E-state index is 13.4. The molecule has 1 atom stereocenters. The maximum Gasteiger partial charge on any atom is 0.251 e. The Morgan fingerprint density at radius 2 is 1.86 bits per heavy atom. The van der Waals surface area contributed by atoms with Crippen LogP contribution in [0.15, 0.2) is 41.6 Å². The van der Waals surface area contributed by atoms with Crippen molar-refractivity contribution in [3.05, 3.63) is 58.6 Å². The summed E-state index contributed by atoms with van der Waals surface area (Å²) in [7, 11) is -3.80. The standard InChI is InChI=1S/C20H23ClFN3O3S/c1-14(16-10-17(22)13-23-12-16)24-20(26)15-6-7-18(21)19(11-15)29(27,28)25-8-4-2-3-5-9-25/h6-7,10-14H,2-5,8-9H2,1H3,(H,24,26)/t14-/m1/s1. The van der Waals surface area contributed by atoms with E-state index in [1.54, 1.807) is 6.92 Å². The van der Waals surface area contributed by atoms with Crippen molar-refractivity contribution in [1.82, 2.24) is 14.6 Å². The molecule has 9 heteroatoms. The number of nitrogens with one attached hydrogen (secondary N) is 1. The van der Waals surface area contributed by atoms with Crippen LogP contribution in [0.5, 0.6) is 0 Å². The van der Waals surface area contributed by atoms with Crippen molar-refractivity contribution >= 4 is 27.5 Å². The van der Waals surface area contributed by atoms with E-state index in [0.29, 0.717) is 18.7 Å². The number of halogens is 2. The molecule has 0 saturated carbocycles. The molecule has 2 heterocycles. The highest BCUT2D eigenvalue weighted by Gasteiger charge is 2.28. The molecule has 1 amide bonds. The molecule has 156 valence electrons. The lowest BCUT2D eigenvalue weighted by Crippen LogP contribution is -2.32. The lowest BCUT2D eigenvalue weighted by molar-refractivity contribution is 0.0939. The third-order valence-electron chi connectivity index (χ3n) is 4.95. The van der Waals surface area contributed by atoms with E-state index in [1.807, 2.05) is 0 Å². The van der Waals surface area contributed by atoms with E-state index in [9.17, 15) is 17.6 Å². The number of carbonyl (C=O) groups excluding carboxylic acids is 1. The number of rotatable bonds is 5. The van der Waals surface area contributed by atoms with Gasteiger partial charge in [0, 0.05) is 24.8 Å². The fraction of sp³-hybridized carbons (Fsp3) is 0.400. The summed E-state index contributed by atoms with van der Waals surface area (Å²) in [5, 5.41) is 2.81. The third kappa shape index (κ3) is 5.12. The number of pyridine rings is 1. The zero-order valence-corrected chi connectivity index (χ0v) is 17.6. The van der Waals surface area contributed by atoms with Gasteiger partial charge in [0.1, 0.15) is 10.7 Å². The van der Waals surface area contributed by atoms with Crippen LogP contribution < -0.4 is 5.32 Å². The molecule has 1 saturated heterocycles. The van der Waals surface area contributed by atoms with E-state index in [1.165, 1.54) is 34.8 Å². The molecule has 1 aliphatic rings. The summed E-state index contributed by atoms with van der Waals surface area (Å²) in [6.07, 6.45) is 6.14. The van der Waals surface area contributed by atoms with Gasteiger partial charge in [-0.2, -0.15) is 4.31 Å². The Morgan fingerprint density at radius 3 is 2.52 bits per heavy atom. The summed E-state index contributed by atoms with van der Waals surface area (Å²) < 4.78 is 40.9. The minimum Gasteiger partial charge on any atom is -0.345 e. The van der Waals surface area contributed by atoms with Gasteiger partial charge in [0.05, 0.1) is 17.3 Å². The summed E-state index contributed by atoms with van der Waals surface area (Å²) in [5.74, 6) is -0.980. The van der Waals surface area contributed by atoms with Crippen LogP contribution >= 0.6 is 11.6 Å². The van der Waals surface area contributed by atoms with Crippen LogP contribution in [-0.2, 0) is 10.0 Å². The summed E-state index contributed by atoms with van der Waals surface area (Å²) >= 11 is 6.18. The number of sulfonamides is 1.